The zero-order chi connectivity index (χ0) is 18.0. The molecule has 2 aromatic rings. The monoisotopic (exact) mass is 354 g/mol. The SMILES string of the molecule is COc1ccc(OC)c(/C=C2/NC(=S)N(c3ccccc3C)C2=O)c1. The standard InChI is InChI=1S/C19H18N2O3S/c1-12-6-4-5-7-16(12)21-18(22)15(20-19(21)25)11-13-10-14(23-2)8-9-17(13)24-3/h4-11H,1-3H3,(H,20,25)/b15-11+. The molecular weight excluding hydrogens is 336 g/mol. The van der Waals surface area contributed by atoms with Crippen LogP contribution in [0.15, 0.2) is 48.2 Å². The van der Waals surface area contributed by atoms with Gasteiger partial charge in [-0.3, -0.25) is 9.69 Å². The first kappa shape index (κ1) is 17.0. The van der Waals surface area contributed by atoms with Crippen molar-refractivity contribution in [3.05, 3.63) is 59.3 Å². The Balaban J connectivity index is 2.00. The average Bonchev–Trinajstić information content (AvgIpc) is 2.89. The maximum Gasteiger partial charge on any atom is 0.281 e. The molecule has 1 aliphatic rings. The molecule has 0 saturated carbocycles. The average molecular weight is 354 g/mol. The number of nitrogens with zero attached hydrogens (tertiary/aromatic N) is 1. The van der Waals surface area contributed by atoms with E-state index >= 15 is 0 Å². The first-order chi connectivity index (χ1) is 12.0. The molecule has 0 spiro atoms. The first-order valence-electron chi connectivity index (χ1n) is 7.70. The number of hydrogen-bond donors (Lipinski definition) is 1. The number of ether oxygens (including phenoxy) is 2. The Labute approximate surface area is 151 Å². The van der Waals surface area contributed by atoms with E-state index in [-0.39, 0.29) is 5.91 Å². The van der Waals surface area contributed by atoms with Crippen molar-refractivity contribution < 1.29 is 14.3 Å². The predicted molar refractivity (Wildman–Crippen MR) is 102 cm³/mol. The summed E-state index contributed by atoms with van der Waals surface area (Å²) in [7, 11) is 3.17. The Kier molecular flexibility index (Phi) is 4.72. The van der Waals surface area contributed by atoms with E-state index < -0.39 is 0 Å². The van der Waals surface area contributed by atoms with E-state index in [2.05, 4.69) is 5.32 Å². The van der Waals surface area contributed by atoms with E-state index in [9.17, 15) is 4.79 Å². The van der Waals surface area contributed by atoms with Crippen LogP contribution in [0.4, 0.5) is 5.69 Å². The fourth-order valence-electron chi connectivity index (χ4n) is 2.68. The maximum atomic E-state index is 12.9. The van der Waals surface area contributed by atoms with Crippen molar-refractivity contribution in [2.75, 3.05) is 19.1 Å². The van der Waals surface area contributed by atoms with Crippen LogP contribution in [0.2, 0.25) is 0 Å². The summed E-state index contributed by atoms with van der Waals surface area (Å²) in [5.74, 6) is 1.11. The third-order valence-corrected chi connectivity index (χ3v) is 4.26. The fraction of sp³-hybridized carbons (Fsp3) is 0.158. The summed E-state index contributed by atoms with van der Waals surface area (Å²) in [5, 5.41) is 3.34. The van der Waals surface area contributed by atoms with Crippen molar-refractivity contribution >= 4 is 35.0 Å². The normalized spacial score (nSPS) is 15.5. The van der Waals surface area contributed by atoms with Crippen molar-refractivity contribution in [1.29, 1.82) is 0 Å². The minimum absolute atomic E-state index is 0.204. The molecule has 1 heterocycles. The van der Waals surface area contributed by atoms with Crippen molar-refractivity contribution in [3.8, 4) is 11.5 Å². The second kappa shape index (κ2) is 6.94. The quantitative estimate of drug-likeness (QED) is 0.675. The van der Waals surface area contributed by atoms with Crippen LogP contribution in [0.5, 0.6) is 11.5 Å². The van der Waals surface area contributed by atoms with Gasteiger partial charge in [0.2, 0.25) is 0 Å². The van der Waals surface area contributed by atoms with Crippen LogP contribution >= 0.6 is 12.2 Å². The minimum atomic E-state index is -0.204. The Morgan fingerprint density at radius 1 is 1.12 bits per heavy atom. The molecule has 25 heavy (non-hydrogen) atoms. The van der Waals surface area contributed by atoms with Crippen LogP contribution in [-0.4, -0.2) is 25.2 Å². The molecule has 0 aromatic heterocycles. The van der Waals surface area contributed by atoms with E-state index in [1.807, 2.05) is 31.2 Å². The Hall–Kier alpha value is -2.86. The topological polar surface area (TPSA) is 50.8 Å². The number of anilines is 1. The number of aryl methyl sites for hydroxylation is 1. The third kappa shape index (κ3) is 3.21. The number of rotatable bonds is 4. The number of carbonyl (C=O) groups is 1. The molecule has 0 unspecified atom stereocenters. The van der Waals surface area contributed by atoms with Gasteiger partial charge in [-0.05, 0) is 55.0 Å². The van der Waals surface area contributed by atoms with Gasteiger partial charge in [0.05, 0.1) is 19.9 Å². The molecule has 1 amide bonds. The molecule has 0 aliphatic carbocycles. The molecule has 1 N–H and O–H groups in total. The number of nitrogens with one attached hydrogen (secondary N) is 1. The number of amides is 1. The highest BCUT2D eigenvalue weighted by Gasteiger charge is 2.32. The molecule has 2 aromatic carbocycles. The van der Waals surface area contributed by atoms with Crippen LogP contribution < -0.4 is 19.7 Å². The molecule has 5 nitrogen and oxygen atoms in total. The Morgan fingerprint density at radius 3 is 2.56 bits per heavy atom. The molecule has 1 fully saturated rings. The van der Waals surface area contributed by atoms with E-state index in [1.54, 1.807) is 38.5 Å². The van der Waals surface area contributed by atoms with Crippen LogP contribution in [0.1, 0.15) is 11.1 Å². The van der Waals surface area contributed by atoms with E-state index in [0.717, 1.165) is 16.8 Å². The van der Waals surface area contributed by atoms with Gasteiger partial charge in [-0.15, -0.1) is 0 Å². The fourth-order valence-corrected chi connectivity index (χ4v) is 2.97. The largest absolute Gasteiger partial charge is 0.497 e. The molecular formula is C19H18N2O3S. The highest BCUT2D eigenvalue weighted by molar-refractivity contribution is 7.80. The van der Waals surface area contributed by atoms with Crippen molar-refractivity contribution in [2.24, 2.45) is 0 Å². The van der Waals surface area contributed by atoms with Crippen molar-refractivity contribution in [1.82, 2.24) is 5.32 Å². The Bertz CT molecular complexity index is 877. The molecule has 0 bridgehead atoms. The Morgan fingerprint density at radius 2 is 1.88 bits per heavy atom. The number of methoxy groups -OCH3 is 2. The minimum Gasteiger partial charge on any atom is -0.497 e. The van der Waals surface area contributed by atoms with Gasteiger partial charge < -0.3 is 14.8 Å². The summed E-state index contributed by atoms with van der Waals surface area (Å²) in [4.78, 5) is 14.4. The van der Waals surface area contributed by atoms with Gasteiger partial charge in [0.1, 0.15) is 17.2 Å². The smallest absolute Gasteiger partial charge is 0.281 e. The summed E-state index contributed by atoms with van der Waals surface area (Å²) in [6.07, 6.45) is 1.72. The lowest BCUT2D eigenvalue weighted by Gasteiger charge is -2.16. The highest BCUT2D eigenvalue weighted by atomic mass is 32.1. The van der Waals surface area contributed by atoms with E-state index in [1.165, 1.54) is 4.90 Å². The summed E-state index contributed by atoms with van der Waals surface area (Å²) in [6.45, 7) is 1.94. The van der Waals surface area contributed by atoms with Gasteiger partial charge in [0.15, 0.2) is 5.11 Å². The number of carbonyl (C=O) groups excluding carboxylic acids is 1. The summed E-state index contributed by atoms with van der Waals surface area (Å²) < 4.78 is 10.6. The molecule has 0 radical (unpaired) electrons. The van der Waals surface area contributed by atoms with Gasteiger partial charge in [-0.2, -0.15) is 0 Å². The zero-order valence-electron chi connectivity index (χ0n) is 14.2. The second-order valence-electron chi connectivity index (χ2n) is 5.52. The number of thiocarbonyl (C=S) groups is 1. The number of hydrogen-bond acceptors (Lipinski definition) is 4. The lowest BCUT2D eigenvalue weighted by Crippen LogP contribution is -2.30. The van der Waals surface area contributed by atoms with Gasteiger partial charge in [-0.25, -0.2) is 0 Å². The summed E-state index contributed by atoms with van der Waals surface area (Å²) >= 11 is 5.36. The first-order valence-corrected chi connectivity index (χ1v) is 8.10. The third-order valence-electron chi connectivity index (χ3n) is 3.97. The van der Waals surface area contributed by atoms with E-state index in [4.69, 9.17) is 21.7 Å². The maximum absolute atomic E-state index is 12.9. The molecule has 1 aliphatic heterocycles. The van der Waals surface area contributed by atoms with Gasteiger partial charge in [0, 0.05) is 5.56 Å². The lowest BCUT2D eigenvalue weighted by molar-refractivity contribution is -0.113. The summed E-state index contributed by atoms with van der Waals surface area (Å²) in [6, 6.07) is 13.0. The molecule has 1 saturated heterocycles. The number of para-hydroxylation sites is 1. The van der Waals surface area contributed by atoms with Crippen LogP contribution in [-0.2, 0) is 4.79 Å². The van der Waals surface area contributed by atoms with Gasteiger partial charge >= 0.3 is 0 Å². The van der Waals surface area contributed by atoms with Gasteiger partial charge in [0.25, 0.3) is 5.91 Å². The van der Waals surface area contributed by atoms with Crippen molar-refractivity contribution in [2.45, 2.75) is 6.92 Å². The summed E-state index contributed by atoms with van der Waals surface area (Å²) in [5.41, 5.74) is 2.86. The van der Waals surface area contributed by atoms with E-state index in [0.29, 0.717) is 22.3 Å². The molecule has 3 rings (SSSR count). The number of benzene rings is 2. The van der Waals surface area contributed by atoms with Gasteiger partial charge in [-0.1, -0.05) is 18.2 Å². The zero-order valence-corrected chi connectivity index (χ0v) is 15.0. The molecule has 128 valence electrons. The lowest BCUT2D eigenvalue weighted by atomic mass is 10.1. The van der Waals surface area contributed by atoms with Crippen LogP contribution in [0.3, 0.4) is 0 Å². The van der Waals surface area contributed by atoms with Crippen LogP contribution in [0, 0.1) is 6.92 Å². The molecule has 6 heteroatoms. The predicted octanol–water partition coefficient (Wildman–Crippen LogP) is 3.27. The highest BCUT2D eigenvalue weighted by Crippen LogP contribution is 2.29. The second-order valence-corrected chi connectivity index (χ2v) is 5.91. The van der Waals surface area contributed by atoms with Crippen LogP contribution in [0.25, 0.3) is 6.08 Å². The van der Waals surface area contributed by atoms with Crippen molar-refractivity contribution in [3.63, 3.8) is 0 Å². The molecule has 0 atom stereocenters.